The van der Waals surface area contributed by atoms with Gasteiger partial charge in [-0.05, 0) is 59.3 Å². The predicted octanol–water partition coefficient (Wildman–Crippen LogP) is 4.90. The standard InChI is InChI=1S/C18H20BrNO3S/c1-3-23-15-11-12(10-13(19)17(15)22-2)18(21)20-8-4-6-14(20)16-7-5-9-24-16/h5,7,9-11,14H,3-4,6,8H2,1-2H3/t14-/m0/s1. The average Bonchev–Trinajstić information content (AvgIpc) is 3.25. The second-order valence-corrected chi connectivity index (χ2v) is 7.43. The van der Waals surface area contributed by atoms with Crippen molar-refractivity contribution in [2.24, 2.45) is 0 Å². The minimum atomic E-state index is 0.0372. The lowest BCUT2D eigenvalue weighted by Gasteiger charge is -2.24. The quantitative estimate of drug-likeness (QED) is 0.704. The van der Waals surface area contributed by atoms with Crippen LogP contribution in [0.15, 0.2) is 34.1 Å². The first-order valence-corrected chi connectivity index (χ1v) is 9.67. The maximum atomic E-state index is 13.1. The third kappa shape index (κ3) is 3.30. The van der Waals surface area contributed by atoms with Gasteiger partial charge in [-0.2, -0.15) is 0 Å². The van der Waals surface area contributed by atoms with E-state index in [9.17, 15) is 4.79 Å². The zero-order chi connectivity index (χ0) is 17.1. The number of amides is 1. The van der Waals surface area contributed by atoms with Gasteiger partial charge in [-0.3, -0.25) is 4.79 Å². The van der Waals surface area contributed by atoms with Crippen LogP contribution in [-0.2, 0) is 0 Å². The van der Waals surface area contributed by atoms with Crippen molar-refractivity contribution in [3.63, 3.8) is 0 Å². The number of halogens is 1. The number of benzene rings is 1. The van der Waals surface area contributed by atoms with E-state index in [-0.39, 0.29) is 11.9 Å². The van der Waals surface area contributed by atoms with E-state index < -0.39 is 0 Å². The highest BCUT2D eigenvalue weighted by atomic mass is 79.9. The van der Waals surface area contributed by atoms with Crippen LogP contribution in [0, 0.1) is 0 Å². The third-order valence-electron chi connectivity index (χ3n) is 4.15. The molecule has 1 aromatic heterocycles. The van der Waals surface area contributed by atoms with E-state index in [1.807, 2.05) is 24.0 Å². The van der Waals surface area contributed by atoms with Crippen LogP contribution in [0.1, 0.15) is 41.0 Å². The first-order chi connectivity index (χ1) is 11.7. The van der Waals surface area contributed by atoms with Gasteiger partial charge in [-0.25, -0.2) is 0 Å². The molecule has 1 saturated heterocycles. The van der Waals surface area contributed by atoms with E-state index in [4.69, 9.17) is 9.47 Å². The number of nitrogens with zero attached hydrogens (tertiary/aromatic N) is 1. The number of likely N-dealkylation sites (tertiary alicyclic amines) is 1. The normalized spacial score (nSPS) is 17.1. The fraction of sp³-hybridized carbons (Fsp3) is 0.389. The molecule has 1 aliphatic heterocycles. The summed E-state index contributed by atoms with van der Waals surface area (Å²) in [5.74, 6) is 1.24. The molecule has 0 N–H and O–H groups in total. The monoisotopic (exact) mass is 409 g/mol. The van der Waals surface area contributed by atoms with Gasteiger partial charge in [0.2, 0.25) is 0 Å². The Hall–Kier alpha value is -1.53. The predicted molar refractivity (Wildman–Crippen MR) is 99.2 cm³/mol. The van der Waals surface area contributed by atoms with Gasteiger partial charge in [0.05, 0.1) is 24.2 Å². The van der Waals surface area contributed by atoms with Crippen LogP contribution in [0.2, 0.25) is 0 Å². The Morgan fingerprint density at radius 3 is 2.96 bits per heavy atom. The molecule has 2 heterocycles. The van der Waals surface area contributed by atoms with Crippen molar-refractivity contribution >= 4 is 33.2 Å². The van der Waals surface area contributed by atoms with E-state index in [1.54, 1.807) is 24.5 Å². The van der Waals surface area contributed by atoms with Crippen LogP contribution >= 0.6 is 27.3 Å². The Kier molecular flexibility index (Phi) is 5.46. The van der Waals surface area contributed by atoms with E-state index in [0.717, 1.165) is 23.9 Å². The highest BCUT2D eigenvalue weighted by molar-refractivity contribution is 9.10. The summed E-state index contributed by atoms with van der Waals surface area (Å²) in [5, 5.41) is 2.06. The molecule has 0 radical (unpaired) electrons. The van der Waals surface area contributed by atoms with Gasteiger partial charge in [0.15, 0.2) is 11.5 Å². The Balaban J connectivity index is 1.92. The molecule has 0 saturated carbocycles. The molecule has 0 bridgehead atoms. The fourth-order valence-electron chi connectivity index (χ4n) is 3.10. The van der Waals surface area contributed by atoms with Crippen molar-refractivity contribution in [3.05, 3.63) is 44.6 Å². The summed E-state index contributed by atoms with van der Waals surface area (Å²) in [4.78, 5) is 16.3. The number of carbonyl (C=O) groups is 1. The number of thiophene rings is 1. The summed E-state index contributed by atoms with van der Waals surface area (Å²) in [6.45, 7) is 3.21. The molecule has 3 rings (SSSR count). The fourth-order valence-corrected chi connectivity index (χ4v) is 4.58. The number of hydrogen-bond acceptors (Lipinski definition) is 4. The molecule has 4 nitrogen and oxygen atoms in total. The van der Waals surface area contributed by atoms with E-state index in [2.05, 4.69) is 27.4 Å². The van der Waals surface area contributed by atoms with Gasteiger partial charge in [-0.15, -0.1) is 11.3 Å². The van der Waals surface area contributed by atoms with Crippen molar-refractivity contribution < 1.29 is 14.3 Å². The molecule has 2 aromatic rings. The van der Waals surface area contributed by atoms with Crippen LogP contribution in [-0.4, -0.2) is 31.1 Å². The Morgan fingerprint density at radius 1 is 1.46 bits per heavy atom. The second kappa shape index (κ2) is 7.57. The van der Waals surface area contributed by atoms with Crippen molar-refractivity contribution in [2.75, 3.05) is 20.3 Å². The SMILES string of the molecule is CCOc1cc(C(=O)N2CCC[C@H]2c2cccs2)cc(Br)c1OC. The summed E-state index contributed by atoms with van der Waals surface area (Å²) in [7, 11) is 1.59. The van der Waals surface area contributed by atoms with Crippen molar-refractivity contribution in [3.8, 4) is 11.5 Å². The summed E-state index contributed by atoms with van der Waals surface area (Å²) in [6, 6.07) is 7.91. The summed E-state index contributed by atoms with van der Waals surface area (Å²) in [6.07, 6.45) is 2.05. The average molecular weight is 410 g/mol. The topological polar surface area (TPSA) is 38.8 Å². The molecule has 1 aliphatic rings. The Morgan fingerprint density at radius 2 is 2.29 bits per heavy atom. The number of methoxy groups -OCH3 is 1. The molecule has 1 amide bonds. The zero-order valence-electron chi connectivity index (χ0n) is 13.8. The largest absolute Gasteiger partial charge is 0.492 e. The first kappa shape index (κ1) is 17.3. The highest BCUT2D eigenvalue weighted by Crippen LogP contribution is 2.39. The molecule has 128 valence electrons. The molecule has 0 unspecified atom stereocenters. The third-order valence-corrected chi connectivity index (χ3v) is 5.71. The minimum absolute atomic E-state index is 0.0372. The molecular weight excluding hydrogens is 390 g/mol. The molecule has 0 aliphatic carbocycles. The molecule has 1 atom stereocenters. The number of hydrogen-bond donors (Lipinski definition) is 0. The van der Waals surface area contributed by atoms with Gasteiger partial charge < -0.3 is 14.4 Å². The van der Waals surface area contributed by atoms with Gasteiger partial charge >= 0.3 is 0 Å². The van der Waals surface area contributed by atoms with E-state index in [1.165, 1.54) is 4.88 Å². The summed E-state index contributed by atoms with van der Waals surface area (Å²) in [5.41, 5.74) is 0.620. The minimum Gasteiger partial charge on any atom is -0.492 e. The second-order valence-electron chi connectivity index (χ2n) is 5.59. The molecule has 1 fully saturated rings. The maximum absolute atomic E-state index is 13.1. The van der Waals surface area contributed by atoms with Crippen LogP contribution in [0.25, 0.3) is 0 Å². The van der Waals surface area contributed by atoms with E-state index in [0.29, 0.717) is 23.7 Å². The van der Waals surface area contributed by atoms with Gasteiger partial charge in [0, 0.05) is 17.0 Å². The Labute approximate surface area is 154 Å². The molecular formula is C18H20BrNO3S. The number of ether oxygens (including phenoxy) is 2. The molecule has 1 aromatic carbocycles. The van der Waals surface area contributed by atoms with Crippen LogP contribution in [0.3, 0.4) is 0 Å². The number of rotatable bonds is 5. The zero-order valence-corrected chi connectivity index (χ0v) is 16.2. The van der Waals surface area contributed by atoms with E-state index >= 15 is 0 Å². The molecule has 0 spiro atoms. The molecule has 6 heteroatoms. The number of carbonyl (C=O) groups excluding carboxylic acids is 1. The lowest BCUT2D eigenvalue weighted by atomic mass is 10.1. The van der Waals surface area contributed by atoms with Gasteiger partial charge in [-0.1, -0.05) is 6.07 Å². The maximum Gasteiger partial charge on any atom is 0.254 e. The van der Waals surface area contributed by atoms with Crippen LogP contribution < -0.4 is 9.47 Å². The van der Waals surface area contributed by atoms with Gasteiger partial charge in [0.1, 0.15) is 0 Å². The van der Waals surface area contributed by atoms with Crippen LogP contribution in [0.5, 0.6) is 11.5 Å². The smallest absolute Gasteiger partial charge is 0.254 e. The lowest BCUT2D eigenvalue weighted by Crippen LogP contribution is -2.30. The highest BCUT2D eigenvalue weighted by Gasteiger charge is 2.32. The van der Waals surface area contributed by atoms with Crippen molar-refractivity contribution in [2.45, 2.75) is 25.8 Å². The van der Waals surface area contributed by atoms with Crippen molar-refractivity contribution in [1.82, 2.24) is 4.90 Å². The van der Waals surface area contributed by atoms with Crippen LogP contribution in [0.4, 0.5) is 0 Å². The molecule has 24 heavy (non-hydrogen) atoms. The first-order valence-electron chi connectivity index (χ1n) is 8.00. The summed E-state index contributed by atoms with van der Waals surface area (Å²) >= 11 is 5.19. The summed E-state index contributed by atoms with van der Waals surface area (Å²) < 4.78 is 11.7. The van der Waals surface area contributed by atoms with Gasteiger partial charge in [0.25, 0.3) is 5.91 Å². The lowest BCUT2D eigenvalue weighted by molar-refractivity contribution is 0.0737. The Bertz CT molecular complexity index is 717. The van der Waals surface area contributed by atoms with Crippen molar-refractivity contribution in [1.29, 1.82) is 0 Å².